The summed E-state index contributed by atoms with van der Waals surface area (Å²) < 4.78 is 0. The molecule has 106 valence electrons. The number of piperidine rings is 1. The van der Waals surface area contributed by atoms with Crippen molar-refractivity contribution in [2.24, 2.45) is 5.92 Å². The van der Waals surface area contributed by atoms with Gasteiger partial charge in [-0.3, -0.25) is 0 Å². The second kappa shape index (κ2) is 7.54. The van der Waals surface area contributed by atoms with E-state index in [9.17, 15) is 0 Å². The van der Waals surface area contributed by atoms with Crippen LogP contribution in [0.25, 0.3) is 0 Å². The van der Waals surface area contributed by atoms with Gasteiger partial charge in [0.15, 0.2) is 0 Å². The van der Waals surface area contributed by atoms with Gasteiger partial charge in [-0.2, -0.15) is 0 Å². The van der Waals surface area contributed by atoms with Crippen LogP contribution in [0.15, 0.2) is 24.3 Å². The first-order chi connectivity index (χ1) is 9.33. The molecule has 1 N–H and O–H groups in total. The van der Waals surface area contributed by atoms with Crippen LogP contribution >= 0.6 is 0 Å². The van der Waals surface area contributed by atoms with Crippen LogP contribution in [0.5, 0.6) is 0 Å². The van der Waals surface area contributed by atoms with Crippen molar-refractivity contribution in [1.82, 2.24) is 5.32 Å². The van der Waals surface area contributed by atoms with Gasteiger partial charge < -0.3 is 10.2 Å². The summed E-state index contributed by atoms with van der Waals surface area (Å²) in [6, 6.07) is 9.09. The molecule has 0 spiro atoms. The molecule has 19 heavy (non-hydrogen) atoms. The third kappa shape index (κ3) is 4.24. The third-order valence-corrected chi connectivity index (χ3v) is 4.19. The average molecular weight is 260 g/mol. The molecule has 2 rings (SSSR count). The molecule has 2 heteroatoms. The minimum atomic E-state index is 0.967. The standard InChI is InChI=1S/C17H28N2/c1-3-5-15-10-12-19(13-11-15)17-8-6-16(7-9-17)14-18-4-2/h6-9,15,18H,3-5,10-14H2,1-2H3. The van der Waals surface area contributed by atoms with E-state index in [1.165, 1.54) is 50.0 Å². The van der Waals surface area contributed by atoms with E-state index in [1.807, 2.05) is 0 Å². The molecule has 1 saturated heterocycles. The van der Waals surface area contributed by atoms with Crippen LogP contribution in [0.3, 0.4) is 0 Å². The molecule has 0 aliphatic carbocycles. The van der Waals surface area contributed by atoms with E-state index in [1.54, 1.807) is 0 Å². The van der Waals surface area contributed by atoms with Crippen molar-refractivity contribution < 1.29 is 0 Å². The molecule has 0 amide bonds. The zero-order valence-electron chi connectivity index (χ0n) is 12.5. The fraction of sp³-hybridized carbons (Fsp3) is 0.647. The van der Waals surface area contributed by atoms with E-state index in [2.05, 4.69) is 48.3 Å². The molecule has 0 bridgehead atoms. The number of anilines is 1. The molecule has 2 nitrogen and oxygen atoms in total. The van der Waals surface area contributed by atoms with Gasteiger partial charge in [-0.15, -0.1) is 0 Å². The van der Waals surface area contributed by atoms with Crippen LogP contribution in [-0.2, 0) is 6.54 Å². The number of benzene rings is 1. The van der Waals surface area contributed by atoms with Gasteiger partial charge in [0.25, 0.3) is 0 Å². The summed E-state index contributed by atoms with van der Waals surface area (Å²) >= 11 is 0. The highest BCUT2D eigenvalue weighted by Crippen LogP contribution is 2.26. The Morgan fingerprint density at radius 2 is 1.79 bits per heavy atom. The summed E-state index contributed by atoms with van der Waals surface area (Å²) in [6.45, 7) is 8.93. The summed E-state index contributed by atoms with van der Waals surface area (Å²) in [4.78, 5) is 2.54. The monoisotopic (exact) mass is 260 g/mol. The summed E-state index contributed by atoms with van der Waals surface area (Å²) in [7, 11) is 0. The maximum atomic E-state index is 3.37. The third-order valence-electron chi connectivity index (χ3n) is 4.19. The Labute approximate surface area is 118 Å². The van der Waals surface area contributed by atoms with Gasteiger partial charge in [-0.1, -0.05) is 38.8 Å². The van der Waals surface area contributed by atoms with Crippen molar-refractivity contribution in [2.75, 3.05) is 24.5 Å². The Kier molecular flexibility index (Phi) is 5.71. The predicted molar refractivity (Wildman–Crippen MR) is 83.7 cm³/mol. The first-order valence-corrected chi connectivity index (χ1v) is 7.88. The summed E-state index contributed by atoms with van der Waals surface area (Å²) in [5.74, 6) is 0.967. The first-order valence-electron chi connectivity index (χ1n) is 7.88. The molecule has 0 aromatic heterocycles. The Morgan fingerprint density at radius 1 is 1.11 bits per heavy atom. The fourth-order valence-electron chi connectivity index (χ4n) is 2.98. The second-order valence-electron chi connectivity index (χ2n) is 5.67. The molecular formula is C17H28N2. The van der Waals surface area contributed by atoms with Crippen molar-refractivity contribution in [3.63, 3.8) is 0 Å². The highest BCUT2D eigenvalue weighted by Gasteiger charge is 2.18. The maximum absolute atomic E-state index is 3.37. The van der Waals surface area contributed by atoms with E-state index in [-0.39, 0.29) is 0 Å². The van der Waals surface area contributed by atoms with Crippen LogP contribution in [-0.4, -0.2) is 19.6 Å². The van der Waals surface area contributed by atoms with Gasteiger partial charge in [0.2, 0.25) is 0 Å². The fourth-order valence-corrected chi connectivity index (χ4v) is 2.98. The SMILES string of the molecule is CCCC1CCN(c2ccc(CNCC)cc2)CC1. The normalized spacial score (nSPS) is 16.8. The molecular weight excluding hydrogens is 232 g/mol. The predicted octanol–water partition coefficient (Wildman–Crippen LogP) is 3.81. The molecule has 0 saturated carbocycles. The van der Waals surface area contributed by atoms with Crippen LogP contribution in [0, 0.1) is 5.92 Å². The number of hydrogen-bond donors (Lipinski definition) is 1. The lowest BCUT2D eigenvalue weighted by Crippen LogP contribution is -2.33. The number of hydrogen-bond acceptors (Lipinski definition) is 2. The van der Waals surface area contributed by atoms with Crippen molar-refractivity contribution >= 4 is 5.69 Å². The minimum absolute atomic E-state index is 0.967. The van der Waals surface area contributed by atoms with E-state index >= 15 is 0 Å². The summed E-state index contributed by atoms with van der Waals surface area (Å²) in [5, 5.41) is 3.37. The summed E-state index contributed by atoms with van der Waals surface area (Å²) in [5.41, 5.74) is 2.78. The lowest BCUT2D eigenvalue weighted by Gasteiger charge is -2.33. The highest BCUT2D eigenvalue weighted by molar-refractivity contribution is 5.47. The number of nitrogens with one attached hydrogen (secondary N) is 1. The summed E-state index contributed by atoms with van der Waals surface area (Å²) in [6.07, 6.45) is 5.49. The van der Waals surface area contributed by atoms with Gasteiger partial charge in [0.1, 0.15) is 0 Å². The molecule has 1 heterocycles. The maximum Gasteiger partial charge on any atom is 0.0366 e. The van der Waals surface area contributed by atoms with Crippen molar-refractivity contribution in [3.8, 4) is 0 Å². The molecule has 1 aromatic carbocycles. The topological polar surface area (TPSA) is 15.3 Å². The minimum Gasteiger partial charge on any atom is -0.372 e. The molecule has 1 fully saturated rings. The van der Waals surface area contributed by atoms with Gasteiger partial charge in [0.05, 0.1) is 0 Å². The Balaban J connectivity index is 1.85. The van der Waals surface area contributed by atoms with E-state index in [4.69, 9.17) is 0 Å². The second-order valence-corrected chi connectivity index (χ2v) is 5.67. The van der Waals surface area contributed by atoms with E-state index < -0.39 is 0 Å². The lowest BCUT2D eigenvalue weighted by atomic mass is 9.92. The van der Waals surface area contributed by atoms with Crippen molar-refractivity contribution in [2.45, 2.75) is 46.1 Å². The lowest BCUT2D eigenvalue weighted by molar-refractivity contribution is 0.378. The zero-order chi connectivity index (χ0) is 13.5. The molecule has 0 atom stereocenters. The Bertz CT molecular complexity index is 350. The highest BCUT2D eigenvalue weighted by atomic mass is 15.1. The molecule has 1 aliphatic rings. The smallest absolute Gasteiger partial charge is 0.0366 e. The van der Waals surface area contributed by atoms with Crippen LogP contribution < -0.4 is 10.2 Å². The van der Waals surface area contributed by atoms with Crippen molar-refractivity contribution in [3.05, 3.63) is 29.8 Å². The molecule has 0 unspecified atom stereocenters. The van der Waals surface area contributed by atoms with Gasteiger partial charge in [-0.25, -0.2) is 0 Å². The number of rotatable bonds is 6. The van der Waals surface area contributed by atoms with E-state index in [0.717, 1.165) is 19.0 Å². The van der Waals surface area contributed by atoms with Crippen LogP contribution in [0.2, 0.25) is 0 Å². The quantitative estimate of drug-likeness (QED) is 0.836. The van der Waals surface area contributed by atoms with Crippen LogP contribution in [0.1, 0.15) is 45.1 Å². The van der Waals surface area contributed by atoms with E-state index in [0.29, 0.717) is 0 Å². The van der Waals surface area contributed by atoms with Gasteiger partial charge >= 0.3 is 0 Å². The first kappa shape index (κ1) is 14.4. The van der Waals surface area contributed by atoms with Crippen molar-refractivity contribution in [1.29, 1.82) is 0 Å². The van der Waals surface area contributed by atoms with Gasteiger partial charge in [-0.05, 0) is 43.0 Å². The Hall–Kier alpha value is -1.02. The number of nitrogens with zero attached hydrogens (tertiary/aromatic N) is 1. The average Bonchev–Trinajstić information content (AvgIpc) is 2.47. The zero-order valence-corrected chi connectivity index (χ0v) is 12.5. The Morgan fingerprint density at radius 3 is 2.37 bits per heavy atom. The molecule has 0 radical (unpaired) electrons. The van der Waals surface area contributed by atoms with Gasteiger partial charge in [0, 0.05) is 25.3 Å². The van der Waals surface area contributed by atoms with Crippen LogP contribution in [0.4, 0.5) is 5.69 Å². The molecule has 1 aromatic rings. The molecule has 1 aliphatic heterocycles. The largest absolute Gasteiger partial charge is 0.372 e.